The minimum absolute atomic E-state index is 0.190. The number of Topliss-reactive ketones (excluding diaryl/α,β-unsaturated/α-hetero) is 1. The summed E-state index contributed by atoms with van der Waals surface area (Å²) in [6.45, 7) is -0.237. The van der Waals surface area contributed by atoms with Gasteiger partial charge in [-0.25, -0.2) is 4.39 Å². The molecule has 0 aliphatic heterocycles. The summed E-state index contributed by atoms with van der Waals surface area (Å²) in [4.78, 5) is 36.5. The summed E-state index contributed by atoms with van der Waals surface area (Å²) in [7, 11) is 0. The lowest BCUT2D eigenvalue weighted by Crippen LogP contribution is -2.26. The number of aliphatic hydroxyl groups is 1. The lowest BCUT2D eigenvalue weighted by Gasteiger charge is -2.09. The fourth-order valence-electron chi connectivity index (χ4n) is 3.59. The molecule has 0 saturated heterocycles. The summed E-state index contributed by atoms with van der Waals surface area (Å²) in [6.07, 6.45) is 6.82. The van der Waals surface area contributed by atoms with E-state index in [1.807, 2.05) is 24.3 Å². The third-order valence-corrected chi connectivity index (χ3v) is 5.87. The Labute approximate surface area is 214 Å². The maximum absolute atomic E-state index is 13.4. The Kier molecular flexibility index (Phi) is 8.38. The molecule has 0 heterocycles. The number of carbonyl (C=O) groups excluding carboxylic acids is 3. The summed E-state index contributed by atoms with van der Waals surface area (Å²) >= 11 is 0. The van der Waals surface area contributed by atoms with Crippen LogP contribution >= 0.6 is 0 Å². The van der Waals surface area contributed by atoms with E-state index in [0.29, 0.717) is 23.2 Å². The van der Waals surface area contributed by atoms with Crippen LogP contribution in [0.2, 0.25) is 0 Å². The predicted molar refractivity (Wildman–Crippen MR) is 141 cm³/mol. The zero-order valence-corrected chi connectivity index (χ0v) is 20.1. The molecule has 3 N–H and O–H groups in total. The van der Waals surface area contributed by atoms with Gasteiger partial charge in [0.2, 0.25) is 5.91 Å². The van der Waals surface area contributed by atoms with Crippen molar-refractivity contribution in [3.63, 3.8) is 0 Å². The van der Waals surface area contributed by atoms with Crippen molar-refractivity contribution in [3.05, 3.63) is 113 Å². The average Bonchev–Trinajstić information content (AvgIpc) is 3.74. The van der Waals surface area contributed by atoms with Gasteiger partial charge in [0.25, 0.3) is 5.91 Å². The molecular weight excluding hydrogens is 471 g/mol. The SMILES string of the molecule is O=C(/C=C/c1ccc(/C=C(/C(=O)NC2CC2)c2ccc(F)cc2)cc1)NCc1ccc(C(=O)CO)cc1. The van der Waals surface area contributed by atoms with Crippen molar-refractivity contribution in [2.24, 2.45) is 0 Å². The van der Waals surface area contributed by atoms with E-state index in [9.17, 15) is 18.8 Å². The first kappa shape index (κ1) is 25.7. The van der Waals surface area contributed by atoms with Gasteiger partial charge in [-0.15, -0.1) is 0 Å². The molecule has 0 atom stereocenters. The Morgan fingerprint density at radius 1 is 0.865 bits per heavy atom. The molecule has 0 unspecified atom stereocenters. The third kappa shape index (κ3) is 7.56. The predicted octanol–water partition coefficient (Wildman–Crippen LogP) is 4.15. The highest BCUT2D eigenvalue weighted by atomic mass is 19.1. The molecule has 0 aromatic heterocycles. The van der Waals surface area contributed by atoms with Crippen LogP contribution in [-0.4, -0.2) is 35.4 Å². The van der Waals surface area contributed by atoms with E-state index in [0.717, 1.165) is 29.5 Å². The standard InChI is InChI=1S/C30H27FN2O4/c31-25-12-10-23(11-13-25)27(30(37)33-26-14-15-26)17-21-3-1-20(2-4-21)7-16-29(36)32-18-22-5-8-24(9-6-22)28(35)19-34/h1-13,16-17,26,34H,14-15,18-19H2,(H,32,36)(H,33,37)/b16-7+,27-17+. The molecule has 1 fully saturated rings. The molecule has 0 spiro atoms. The second kappa shape index (κ2) is 12.1. The lowest BCUT2D eigenvalue weighted by atomic mass is 10.0. The van der Waals surface area contributed by atoms with Crippen LogP contribution in [-0.2, 0) is 16.1 Å². The summed E-state index contributed by atoms with van der Waals surface area (Å²) in [5.41, 5.74) is 3.96. The van der Waals surface area contributed by atoms with Crippen LogP contribution in [0.25, 0.3) is 17.7 Å². The van der Waals surface area contributed by atoms with Gasteiger partial charge in [0.05, 0.1) is 0 Å². The topological polar surface area (TPSA) is 95.5 Å². The van der Waals surface area contributed by atoms with E-state index in [2.05, 4.69) is 10.6 Å². The average molecular weight is 499 g/mol. The second-order valence-electron chi connectivity index (χ2n) is 8.81. The van der Waals surface area contributed by atoms with Crippen molar-refractivity contribution in [2.75, 3.05) is 6.61 Å². The third-order valence-electron chi connectivity index (χ3n) is 5.87. The fourth-order valence-corrected chi connectivity index (χ4v) is 3.59. The number of ketones is 1. The van der Waals surface area contributed by atoms with E-state index < -0.39 is 6.61 Å². The van der Waals surface area contributed by atoms with Gasteiger partial charge in [-0.3, -0.25) is 14.4 Å². The summed E-state index contributed by atoms with van der Waals surface area (Å²) < 4.78 is 13.4. The van der Waals surface area contributed by atoms with Gasteiger partial charge in [0.1, 0.15) is 12.4 Å². The minimum Gasteiger partial charge on any atom is -0.388 e. The van der Waals surface area contributed by atoms with Gasteiger partial charge in [0, 0.05) is 29.8 Å². The van der Waals surface area contributed by atoms with Gasteiger partial charge in [0.15, 0.2) is 5.78 Å². The first-order valence-corrected chi connectivity index (χ1v) is 12.0. The van der Waals surface area contributed by atoms with Crippen LogP contribution in [0.15, 0.2) is 78.9 Å². The Morgan fingerprint density at radius 3 is 2.11 bits per heavy atom. The van der Waals surface area contributed by atoms with Gasteiger partial charge in [-0.2, -0.15) is 0 Å². The van der Waals surface area contributed by atoms with Crippen molar-refractivity contribution < 1.29 is 23.9 Å². The molecular formula is C30H27FN2O4. The largest absolute Gasteiger partial charge is 0.388 e. The molecule has 4 rings (SSSR count). The Bertz CT molecular complexity index is 1320. The van der Waals surface area contributed by atoms with Gasteiger partial charge < -0.3 is 15.7 Å². The molecule has 6 nitrogen and oxygen atoms in total. The fraction of sp³-hybridized carbons (Fsp3) is 0.167. The Hall–Kier alpha value is -4.36. The van der Waals surface area contributed by atoms with Crippen molar-refractivity contribution in [1.82, 2.24) is 10.6 Å². The van der Waals surface area contributed by atoms with Crippen LogP contribution in [0, 0.1) is 5.82 Å². The Morgan fingerprint density at radius 2 is 1.49 bits per heavy atom. The number of carbonyl (C=O) groups is 3. The first-order chi connectivity index (χ1) is 17.9. The monoisotopic (exact) mass is 498 g/mol. The van der Waals surface area contributed by atoms with Crippen LogP contribution in [0.4, 0.5) is 4.39 Å². The van der Waals surface area contributed by atoms with Crippen LogP contribution in [0.5, 0.6) is 0 Å². The highest BCUT2D eigenvalue weighted by Gasteiger charge is 2.25. The molecule has 37 heavy (non-hydrogen) atoms. The number of hydrogen-bond acceptors (Lipinski definition) is 4. The van der Waals surface area contributed by atoms with Crippen molar-refractivity contribution in [1.29, 1.82) is 0 Å². The highest BCUT2D eigenvalue weighted by molar-refractivity contribution is 6.24. The molecule has 3 aromatic rings. The molecule has 0 radical (unpaired) electrons. The normalized spacial score (nSPS) is 13.4. The zero-order chi connectivity index (χ0) is 26.2. The molecule has 3 aromatic carbocycles. The number of hydrogen-bond donors (Lipinski definition) is 3. The van der Waals surface area contributed by atoms with Crippen molar-refractivity contribution in [2.45, 2.75) is 25.4 Å². The molecule has 2 amide bonds. The van der Waals surface area contributed by atoms with E-state index in [1.54, 1.807) is 48.6 Å². The number of aliphatic hydroxyl groups excluding tert-OH is 1. The zero-order valence-electron chi connectivity index (χ0n) is 20.1. The van der Waals surface area contributed by atoms with Crippen LogP contribution in [0.3, 0.4) is 0 Å². The van der Waals surface area contributed by atoms with Gasteiger partial charge in [-0.1, -0.05) is 60.7 Å². The van der Waals surface area contributed by atoms with Crippen molar-refractivity contribution >= 4 is 35.3 Å². The molecule has 188 valence electrons. The summed E-state index contributed by atoms with van der Waals surface area (Å²) in [6, 6.07) is 20.1. The van der Waals surface area contributed by atoms with E-state index in [1.165, 1.54) is 18.2 Å². The molecule has 7 heteroatoms. The number of amides is 2. The number of halogens is 1. The highest BCUT2D eigenvalue weighted by Crippen LogP contribution is 2.24. The number of rotatable bonds is 10. The van der Waals surface area contributed by atoms with Crippen molar-refractivity contribution in [3.8, 4) is 0 Å². The molecule has 1 aliphatic carbocycles. The van der Waals surface area contributed by atoms with E-state index >= 15 is 0 Å². The molecule has 0 bridgehead atoms. The van der Waals surface area contributed by atoms with E-state index in [4.69, 9.17) is 5.11 Å². The quantitative estimate of drug-likeness (QED) is 0.222. The summed E-state index contributed by atoms with van der Waals surface area (Å²) in [5, 5.41) is 14.7. The minimum atomic E-state index is -0.538. The second-order valence-corrected chi connectivity index (χ2v) is 8.81. The molecule has 1 aliphatic rings. The van der Waals surface area contributed by atoms with Gasteiger partial charge >= 0.3 is 0 Å². The first-order valence-electron chi connectivity index (χ1n) is 12.0. The van der Waals surface area contributed by atoms with Crippen LogP contribution < -0.4 is 10.6 Å². The van der Waals surface area contributed by atoms with Crippen LogP contribution in [0.1, 0.15) is 45.5 Å². The van der Waals surface area contributed by atoms with Gasteiger partial charge in [-0.05, 0) is 59.4 Å². The molecule has 1 saturated carbocycles. The maximum Gasteiger partial charge on any atom is 0.252 e. The Balaban J connectivity index is 1.37. The summed E-state index contributed by atoms with van der Waals surface area (Å²) in [5.74, 6) is -1.18. The van der Waals surface area contributed by atoms with E-state index in [-0.39, 0.29) is 29.5 Å². The number of benzene rings is 3. The lowest BCUT2D eigenvalue weighted by molar-refractivity contribution is -0.117. The maximum atomic E-state index is 13.4. The number of nitrogens with one attached hydrogen (secondary N) is 2. The smallest absolute Gasteiger partial charge is 0.252 e.